The fraction of sp³-hybridized carbons (Fsp3) is 0.600. The average Bonchev–Trinajstić information content (AvgIpc) is 2.54. The lowest BCUT2D eigenvalue weighted by molar-refractivity contribution is -0.497. The summed E-state index contributed by atoms with van der Waals surface area (Å²) < 4.78 is 5.67. The number of nitroso groups, excluding NO2 is 1. The molecule has 0 spiro atoms. The van der Waals surface area contributed by atoms with E-state index in [-0.39, 0.29) is 18.7 Å². The molecule has 3 rings (SSSR count). The maximum Gasteiger partial charge on any atom is 0.319 e. The molecule has 8 nitrogen and oxygen atoms in total. The Morgan fingerprint density at radius 1 is 1.43 bits per heavy atom. The number of rotatable bonds is 5. The van der Waals surface area contributed by atoms with E-state index in [4.69, 9.17) is 10.5 Å². The number of fused-ring (bicyclic) bond motifs is 1. The molecule has 2 aliphatic heterocycles. The molecule has 2 heterocycles. The van der Waals surface area contributed by atoms with Crippen molar-refractivity contribution in [3.63, 3.8) is 0 Å². The molecular weight excluding hydrogens is 298 g/mol. The van der Waals surface area contributed by atoms with Gasteiger partial charge >= 0.3 is 5.70 Å². The van der Waals surface area contributed by atoms with Crippen molar-refractivity contribution < 1.29 is 14.7 Å². The standard InChI is InChI=1S/C15H22N5O3/c16-15-17-13-5-4-12(8-14(13)20(22)18-15)23-10-11(21)9-19-6-2-1-3-7-19/h4-5,8,11-12,21H,1-3,6-7,9-10H2,(H2,16,18,22)/q+1. The molecule has 23 heavy (non-hydrogen) atoms. The Hall–Kier alpha value is -1.90. The minimum atomic E-state index is -0.543. The number of hydrogen-bond donors (Lipinski definition) is 2. The zero-order valence-electron chi connectivity index (χ0n) is 13.0. The summed E-state index contributed by atoms with van der Waals surface area (Å²) in [6, 6.07) is 0. The van der Waals surface area contributed by atoms with E-state index in [1.165, 1.54) is 19.3 Å². The zero-order chi connectivity index (χ0) is 16.2. The van der Waals surface area contributed by atoms with Gasteiger partial charge in [-0.25, -0.2) is 4.99 Å². The number of β-amino-alcohol motifs (C(OH)–C–C–N with tert-alkyl or cyclic N) is 1. The minimum absolute atomic E-state index is 0.0619. The lowest BCUT2D eigenvalue weighted by atomic mass is 10.1. The Labute approximate surface area is 134 Å². The van der Waals surface area contributed by atoms with Gasteiger partial charge in [0.2, 0.25) is 0 Å². The monoisotopic (exact) mass is 320 g/mol. The molecule has 0 aromatic rings. The van der Waals surface area contributed by atoms with Crippen molar-refractivity contribution in [2.24, 2.45) is 15.8 Å². The summed E-state index contributed by atoms with van der Waals surface area (Å²) in [6.07, 6.45) is 7.82. The Balaban J connectivity index is 1.51. The third kappa shape index (κ3) is 4.10. The number of hydrogen-bond acceptors (Lipinski definition) is 6. The first-order valence-electron chi connectivity index (χ1n) is 7.94. The molecule has 0 radical (unpaired) electrons. The van der Waals surface area contributed by atoms with Crippen LogP contribution in [0.2, 0.25) is 0 Å². The van der Waals surface area contributed by atoms with Crippen LogP contribution in [0.15, 0.2) is 34.0 Å². The number of piperidine rings is 1. The summed E-state index contributed by atoms with van der Waals surface area (Å²) in [7, 11) is 0. The van der Waals surface area contributed by atoms with Crippen LogP contribution >= 0.6 is 0 Å². The van der Waals surface area contributed by atoms with Gasteiger partial charge in [-0.15, -0.1) is 0 Å². The molecule has 0 aromatic heterocycles. The Bertz CT molecular complexity index is 590. The number of aliphatic imine (C=N–C) groups is 1. The van der Waals surface area contributed by atoms with Crippen LogP contribution in [0, 0.1) is 4.91 Å². The van der Waals surface area contributed by atoms with E-state index in [0.29, 0.717) is 22.8 Å². The van der Waals surface area contributed by atoms with Crippen LogP contribution in [0.25, 0.3) is 0 Å². The molecule has 3 aliphatic rings. The Morgan fingerprint density at radius 3 is 3.00 bits per heavy atom. The molecule has 0 bridgehead atoms. The van der Waals surface area contributed by atoms with Gasteiger partial charge in [0.15, 0.2) is 4.87 Å². The number of hydrazone groups is 1. The lowest BCUT2D eigenvalue weighted by Gasteiger charge is -2.28. The third-order valence-corrected chi connectivity index (χ3v) is 4.06. The van der Waals surface area contributed by atoms with Crippen LogP contribution in [-0.4, -0.2) is 65.0 Å². The molecule has 1 fully saturated rings. The minimum Gasteiger partial charge on any atom is -0.389 e. The molecule has 2 atom stereocenters. The number of nitrogens with zero attached hydrogens (tertiary/aromatic N) is 4. The number of guanidine groups is 1. The van der Waals surface area contributed by atoms with Gasteiger partial charge in [-0.05, 0) is 38.1 Å². The van der Waals surface area contributed by atoms with Crippen LogP contribution in [0.4, 0.5) is 0 Å². The highest BCUT2D eigenvalue weighted by atomic mass is 16.5. The van der Waals surface area contributed by atoms with E-state index in [2.05, 4.69) is 15.0 Å². The van der Waals surface area contributed by atoms with E-state index >= 15 is 0 Å². The fourth-order valence-electron chi connectivity index (χ4n) is 2.94. The van der Waals surface area contributed by atoms with Crippen LogP contribution in [0.5, 0.6) is 0 Å². The molecular formula is C15H22N5O3+. The second-order valence-corrected chi connectivity index (χ2v) is 5.95. The highest BCUT2D eigenvalue weighted by Crippen LogP contribution is 2.17. The quantitative estimate of drug-likeness (QED) is 0.701. The number of likely N-dealkylation sites (tertiary alicyclic amines) is 1. The second kappa shape index (κ2) is 7.12. The van der Waals surface area contributed by atoms with Gasteiger partial charge in [0.25, 0.3) is 5.96 Å². The van der Waals surface area contributed by atoms with Crippen LogP contribution in [0.1, 0.15) is 19.3 Å². The Morgan fingerprint density at radius 2 is 2.22 bits per heavy atom. The van der Waals surface area contributed by atoms with Crippen molar-refractivity contribution in [1.82, 2.24) is 4.90 Å². The van der Waals surface area contributed by atoms with Crippen molar-refractivity contribution in [2.45, 2.75) is 31.5 Å². The molecule has 8 heteroatoms. The SMILES string of the molecule is NC1=N[N+](=O)C2=CC(OCC(O)CN3CCCCC3)C=CC2=N1. The molecule has 1 aliphatic carbocycles. The van der Waals surface area contributed by atoms with Crippen LogP contribution < -0.4 is 5.73 Å². The number of aliphatic hydroxyl groups excluding tert-OH is 1. The maximum absolute atomic E-state index is 11.7. The van der Waals surface area contributed by atoms with Gasteiger partial charge in [-0.2, -0.15) is 0 Å². The number of aliphatic hydroxyl groups is 1. The summed E-state index contributed by atoms with van der Waals surface area (Å²) >= 11 is 0. The van der Waals surface area contributed by atoms with E-state index in [1.807, 2.05) is 0 Å². The lowest BCUT2D eigenvalue weighted by Crippen LogP contribution is -2.38. The largest absolute Gasteiger partial charge is 0.389 e. The molecule has 0 saturated carbocycles. The normalized spacial score (nSPS) is 26.2. The van der Waals surface area contributed by atoms with Gasteiger partial charge in [0.1, 0.15) is 11.8 Å². The fourth-order valence-corrected chi connectivity index (χ4v) is 2.94. The smallest absolute Gasteiger partial charge is 0.319 e. The van der Waals surface area contributed by atoms with Gasteiger partial charge in [-0.3, -0.25) is 0 Å². The second-order valence-electron chi connectivity index (χ2n) is 5.95. The molecule has 3 N–H and O–H groups in total. The summed E-state index contributed by atoms with van der Waals surface area (Å²) in [4.78, 5) is 18.4. The van der Waals surface area contributed by atoms with Gasteiger partial charge in [0, 0.05) is 12.6 Å². The van der Waals surface area contributed by atoms with Gasteiger partial charge in [0.05, 0.1) is 22.7 Å². The van der Waals surface area contributed by atoms with Crippen LogP contribution in [0.3, 0.4) is 0 Å². The van der Waals surface area contributed by atoms with E-state index < -0.39 is 6.10 Å². The molecule has 0 aromatic carbocycles. The molecule has 2 unspecified atom stereocenters. The highest BCUT2D eigenvalue weighted by molar-refractivity contribution is 6.13. The van der Waals surface area contributed by atoms with E-state index in [0.717, 1.165) is 13.1 Å². The van der Waals surface area contributed by atoms with Gasteiger partial charge in [-0.1, -0.05) is 6.42 Å². The van der Waals surface area contributed by atoms with Crippen molar-refractivity contribution in [3.05, 3.63) is 28.8 Å². The van der Waals surface area contributed by atoms with Crippen molar-refractivity contribution in [3.8, 4) is 0 Å². The summed E-state index contributed by atoms with van der Waals surface area (Å²) in [6.45, 7) is 2.91. The first-order chi connectivity index (χ1) is 11.1. The zero-order valence-corrected chi connectivity index (χ0v) is 13.0. The summed E-state index contributed by atoms with van der Waals surface area (Å²) in [5.74, 6) is -0.0619. The van der Waals surface area contributed by atoms with Gasteiger partial charge < -0.3 is 20.5 Å². The number of allylic oxidation sites excluding steroid dienone is 1. The topological polar surface area (TPSA) is 104 Å². The third-order valence-electron chi connectivity index (χ3n) is 4.06. The van der Waals surface area contributed by atoms with Crippen molar-refractivity contribution >= 4 is 11.7 Å². The van der Waals surface area contributed by atoms with Crippen LogP contribution in [-0.2, 0) is 4.74 Å². The molecule has 1 saturated heterocycles. The predicted octanol–water partition coefficient (Wildman–Crippen LogP) is 0.135. The van der Waals surface area contributed by atoms with E-state index in [1.54, 1.807) is 18.2 Å². The molecule has 124 valence electrons. The highest BCUT2D eigenvalue weighted by Gasteiger charge is 2.32. The van der Waals surface area contributed by atoms with E-state index in [9.17, 15) is 10.0 Å². The predicted molar refractivity (Wildman–Crippen MR) is 85.9 cm³/mol. The summed E-state index contributed by atoms with van der Waals surface area (Å²) in [5.41, 5.74) is 6.24. The number of nitrogens with two attached hydrogens (primary N) is 1. The van der Waals surface area contributed by atoms with Crippen molar-refractivity contribution in [1.29, 1.82) is 0 Å². The summed E-state index contributed by atoms with van der Waals surface area (Å²) in [5, 5.41) is 13.7. The number of ether oxygens (including phenoxy) is 1. The molecule has 0 amide bonds. The van der Waals surface area contributed by atoms with Crippen molar-refractivity contribution in [2.75, 3.05) is 26.2 Å². The first kappa shape index (κ1) is 16.0. The average molecular weight is 320 g/mol. The Kier molecular flexibility index (Phi) is 4.94. The maximum atomic E-state index is 11.7. The first-order valence-corrected chi connectivity index (χ1v) is 7.94.